The zero-order valence-electron chi connectivity index (χ0n) is 11.5. The Morgan fingerprint density at radius 2 is 1.76 bits per heavy atom. The van der Waals surface area contributed by atoms with Crippen LogP contribution in [-0.2, 0) is 6.54 Å². The summed E-state index contributed by atoms with van der Waals surface area (Å²) in [5.74, 6) is -0.172. The number of aromatic nitrogens is 1. The molecule has 0 aliphatic carbocycles. The van der Waals surface area contributed by atoms with E-state index in [-0.39, 0.29) is 11.9 Å². The molecule has 0 saturated heterocycles. The third-order valence-electron chi connectivity index (χ3n) is 4.04. The molecular formula is C18H15FN2. The summed E-state index contributed by atoms with van der Waals surface area (Å²) in [7, 11) is 0. The van der Waals surface area contributed by atoms with Gasteiger partial charge in [0, 0.05) is 29.7 Å². The number of benzene rings is 2. The summed E-state index contributed by atoms with van der Waals surface area (Å²) in [5, 5.41) is 3.48. The predicted molar refractivity (Wildman–Crippen MR) is 80.9 cm³/mol. The summed E-state index contributed by atoms with van der Waals surface area (Å²) in [4.78, 5) is 0. The van der Waals surface area contributed by atoms with Gasteiger partial charge in [0.2, 0.25) is 0 Å². The second-order valence-corrected chi connectivity index (χ2v) is 5.27. The first-order valence-electron chi connectivity index (χ1n) is 7.08. The van der Waals surface area contributed by atoms with Crippen LogP contribution in [0.2, 0.25) is 0 Å². The number of rotatable bonds is 1. The molecule has 3 heteroatoms. The molecule has 1 aliphatic heterocycles. The molecule has 0 radical (unpaired) electrons. The Labute approximate surface area is 122 Å². The predicted octanol–water partition coefficient (Wildman–Crippen LogP) is 3.81. The SMILES string of the molecule is Fc1ccccc1[C@@H]1NCc2ccccc2-n2cccc21. The minimum Gasteiger partial charge on any atom is -0.319 e. The van der Waals surface area contributed by atoms with Crippen LogP contribution in [0.3, 0.4) is 0 Å². The third-order valence-corrected chi connectivity index (χ3v) is 4.04. The fourth-order valence-electron chi connectivity index (χ4n) is 3.04. The molecule has 2 nitrogen and oxygen atoms in total. The molecular weight excluding hydrogens is 263 g/mol. The second-order valence-electron chi connectivity index (χ2n) is 5.27. The van der Waals surface area contributed by atoms with Gasteiger partial charge in [-0.1, -0.05) is 36.4 Å². The molecule has 1 atom stereocenters. The van der Waals surface area contributed by atoms with Crippen LogP contribution in [0.4, 0.5) is 4.39 Å². The lowest BCUT2D eigenvalue weighted by atomic mass is 10.0. The number of halogens is 1. The topological polar surface area (TPSA) is 17.0 Å². The molecule has 3 aromatic rings. The highest BCUT2D eigenvalue weighted by Gasteiger charge is 2.24. The van der Waals surface area contributed by atoms with E-state index in [9.17, 15) is 4.39 Å². The average molecular weight is 278 g/mol. The number of nitrogens with zero attached hydrogens (tertiary/aromatic N) is 1. The molecule has 2 heterocycles. The van der Waals surface area contributed by atoms with Crippen LogP contribution in [0.15, 0.2) is 66.9 Å². The maximum Gasteiger partial charge on any atom is 0.128 e. The Kier molecular flexibility index (Phi) is 2.86. The third kappa shape index (κ3) is 1.98. The average Bonchev–Trinajstić information content (AvgIpc) is 2.93. The Morgan fingerprint density at radius 1 is 0.952 bits per heavy atom. The molecule has 0 unspecified atom stereocenters. The lowest BCUT2D eigenvalue weighted by molar-refractivity contribution is 0.545. The van der Waals surface area contributed by atoms with Gasteiger partial charge in [-0.15, -0.1) is 0 Å². The second kappa shape index (κ2) is 4.86. The van der Waals surface area contributed by atoms with E-state index >= 15 is 0 Å². The van der Waals surface area contributed by atoms with Gasteiger partial charge in [-0.2, -0.15) is 0 Å². The Hall–Kier alpha value is -2.39. The quantitative estimate of drug-likeness (QED) is 0.716. The first-order valence-corrected chi connectivity index (χ1v) is 7.08. The summed E-state index contributed by atoms with van der Waals surface area (Å²) < 4.78 is 16.3. The highest BCUT2D eigenvalue weighted by atomic mass is 19.1. The normalized spacial score (nSPS) is 16.9. The van der Waals surface area contributed by atoms with Gasteiger partial charge in [-0.3, -0.25) is 0 Å². The zero-order valence-corrected chi connectivity index (χ0v) is 11.5. The molecule has 1 aliphatic rings. The molecule has 0 bridgehead atoms. The maximum absolute atomic E-state index is 14.2. The van der Waals surface area contributed by atoms with Gasteiger partial charge in [0.05, 0.1) is 6.04 Å². The Morgan fingerprint density at radius 3 is 2.67 bits per heavy atom. The van der Waals surface area contributed by atoms with Gasteiger partial charge in [-0.05, 0) is 29.8 Å². The van der Waals surface area contributed by atoms with Crippen LogP contribution >= 0.6 is 0 Å². The fraction of sp³-hybridized carbons (Fsp3) is 0.111. The van der Waals surface area contributed by atoms with Crippen LogP contribution in [0.1, 0.15) is 22.9 Å². The van der Waals surface area contributed by atoms with Crippen LogP contribution in [-0.4, -0.2) is 4.57 Å². The zero-order chi connectivity index (χ0) is 14.2. The van der Waals surface area contributed by atoms with Gasteiger partial charge >= 0.3 is 0 Å². The fourth-order valence-corrected chi connectivity index (χ4v) is 3.04. The lowest BCUT2D eigenvalue weighted by Gasteiger charge is -2.18. The van der Waals surface area contributed by atoms with Crippen molar-refractivity contribution in [2.45, 2.75) is 12.6 Å². The summed E-state index contributed by atoms with van der Waals surface area (Å²) >= 11 is 0. The van der Waals surface area contributed by atoms with E-state index in [0.717, 1.165) is 17.9 Å². The van der Waals surface area contributed by atoms with Crippen molar-refractivity contribution in [3.8, 4) is 5.69 Å². The molecule has 0 fully saturated rings. The standard InChI is InChI=1S/C18H15FN2/c19-15-8-3-2-7-14(15)18-17-10-5-11-21(17)16-9-4-1-6-13(16)12-20-18/h1-11,18,20H,12H2/t18-/m0/s1. The van der Waals surface area contributed by atoms with E-state index in [1.54, 1.807) is 6.07 Å². The van der Waals surface area contributed by atoms with Crippen molar-refractivity contribution in [1.82, 2.24) is 9.88 Å². The van der Waals surface area contributed by atoms with E-state index in [2.05, 4.69) is 22.0 Å². The van der Waals surface area contributed by atoms with E-state index < -0.39 is 0 Å². The van der Waals surface area contributed by atoms with Crippen molar-refractivity contribution in [3.05, 3.63) is 89.5 Å². The van der Waals surface area contributed by atoms with Crippen molar-refractivity contribution in [3.63, 3.8) is 0 Å². The Balaban J connectivity index is 1.90. The number of para-hydroxylation sites is 1. The van der Waals surface area contributed by atoms with Gasteiger partial charge in [0.15, 0.2) is 0 Å². The van der Waals surface area contributed by atoms with Crippen molar-refractivity contribution < 1.29 is 4.39 Å². The van der Waals surface area contributed by atoms with Crippen LogP contribution in [0.25, 0.3) is 5.69 Å². The number of fused-ring (bicyclic) bond motifs is 3. The van der Waals surface area contributed by atoms with Gasteiger partial charge in [0.25, 0.3) is 0 Å². The van der Waals surface area contributed by atoms with Gasteiger partial charge in [0.1, 0.15) is 5.82 Å². The summed E-state index contributed by atoms with van der Waals surface area (Å²) in [5.41, 5.74) is 4.12. The summed E-state index contributed by atoms with van der Waals surface area (Å²) in [6.45, 7) is 0.719. The van der Waals surface area contributed by atoms with Crippen molar-refractivity contribution in [2.24, 2.45) is 0 Å². The molecule has 0 amide bonds. The van der Waals surface area contributed by atoms with E-state index in [1.807, 2.05) is 42.6 Å². The Bertz CT molecular complexity index is 791. The van der Waals surface area contributed by atoms with Crippen molar-refractivity contribution in [1.29, 1.82) is 0 Å². The molecule has 4 rings (SSSR count). The molecule has 104 valence electrons. The van der Waals surface area contributed by atoms with Gasteiger partial charge in [-0.25, -0.2) is 4.39 Å². The summed E-state index contributed by atoms with van der Waals surface area (Å²) in [6.07, 6.45) is 2.04. The van der Waals surface area contributed by atoms with Crippen LogP contribution < -0.4 is 5.32 Å². The molecule has 1 aromatic heterocycles. The number of nitrogens with one attached hydrogen (secondary N) is 1. The van der Waals surface area contributed by atoms with E-state index in [1.165, 1.54) is 11.6 Å². The van der Waals surface area contributed by atoms with Gasteiger partial charge < -0.3 is 9.88 Å². The lowest BCUT2D eigenvalue weighted by Crippen LogP contribution is -2.22. The van der Waals surface area contributed by atoms with Crippen LogP contribution in [0, 0.1) is 5.82 Å². The highest BCUT2D eigenvalue weighted by molar-refractivity contribution is 5.46. The van der Waals surface area contributed by atoms with Crippen LogP contribution in [0.5, 0.6) is 0 Å². The molecule has 0 saturated carbocycles. The van der Waals surface area contributed by atoms with E-state index in [0.29, 0.717) is 5.56 Å². The highest BCUT2D eigenvalue weighted by Crippen LogP contribution is 2.31. The maximum atomic E-state index is 14.2. The minimum absolute atomic E-state index is 0.145. The number of hydrogen-bond donors (Lipinski definition) is 1. The monoisotopic (exact) mass is 278 g/mol. The van der Waals surface area contributed by atoms with Crippen molar-refractivity contribution in [2.75, 3.05) is 0 Å². The first kappa shape index (κ1) is 12.4. The number of hydrogen-bond acceptors (Lipinski definition) is 1. The van der Waals surface area contributed by atoms with E-state index in [4.69, 9.17) is 0 Å². The molecule has 0 spiro atoms. The molecule has 1 N–H and O–H groups in total. The van der Waals surface area contributed by atoms with Crippen molar-refractivity contribution >= 4 is 0 Å². The smallest absolute Gasteiger partial charge is 0.128 e. The summed E-state index contributed by atoms with van der Waals surface area (Å²) in [6, 6.07) is 19.2. The first-order chi connectivity index (χ1) is 10.3. The molecule has 2 aromatic carbocycles. The largest absolute Gasteiger partial charge is 0.319 e. The molecule has 21 heavy (non-hydrogen) atoms. The minimum atomic E-state index is -0.172.